The van der Waals surface area contributed by atoms with Crippen molar-refractivity contribution in [2.24, 2.45) is 0 Å². The average Bonchev–Trinajstić information content (AvgIpc) is 2.72. The summed E-state index contributed by atoms with van der Waals surface area (Å²) < 4.78 is 18.8. The third-order valence-electron chi connectivity index (χ3n) is 5.23. The summed E-state index contributed by atoms with van der Waals surface area (Å²) in [7, 11) is 0. The van der Waals surface area contributed by atoms with Crippen LogP contribution in [0.5, 0.6) is 0 Å². The molecule has 8 nitrogen and oxygen atoms in total. The van der Waals surface area contributed by atoms with Crippen LogP contribution in [0.15, 0.2) is 36.4 Å². The lowest BCUT2D eigenvalue weighted by atomic mass is 10.1. The van der Waals surface area contributed by atoms with Crippen LogP contribution in [0.25, 0.3) is 22.3 Å². The van der Waals surface area contributed by atoms with Gasteiger partial charge in [0.2, 0.25) is 5.95 Å². The van der Waals surface area contributed by atoms with Crippen LogP contribution in [-0.2, 0) is 4.74 Å². The number of benzene rings is 1. The Bertz CT molecular complexity index is 1150. The number of ether oxygens (including phenoxy) is 1. The molecule has 0 saturated carbocycles. The minimum Gasteiger partial charge on any atom is -0.444 e. The third-order valence-corrected chi connectivity index (χ3v) is 5.23. The number of piperazine rings is 1. The van der Waals surface area contributed by atoms with Crippen molar-refractivity contribution in [2.75, 3.05) is 30.3 Å². The smallest absolute Gasteiger partial charge is 0.410 e. The Labute approximate surface area is 186 Å². The molecule has 1 aromatic carbocycles. The molecule has 0 spiro atoms. The highest BCUT2D eigenvalue weighted by Gasteiger charge is 2.31. The van der Waals surface area contributed by atoms with Gasteiger partial charge < -0.3 is 20.3 Å². The van der Waals surface area contributed by atoms with Gasteiger partial charge in [-0.15, -0.1) is 0 Å². The van der Waals surface area contributed by atoms with Gasteiger partial charge in [-0.25, -0.2) is 19.2 Å². The van der Waals surface area contributed by atoms with Crippen molar-refractivity contribution in [3.63, 3.8) is 0 Å². The summed E-state index contributed by atoms with van der Waals surface area (Å²) in [6, 6.07) is 9.80. The van der Waals surface area contributed by atoms with E-state index < -0.39 is 5.60 Å². The standard InChI is InChI=1S/C23H27FN6O2/c1-14-13-29(22(31)32-23(2,3)4)11-12-30(14)20-19-18(27-21(25)28-20)10-9-17(26-19)15-5-7-16(24)8-6-15/h5-10,14H,11-13H2,1-4H3,(H2,25,27,28). The van der Waals surface area contributed by atoms with Crippen molar-refractivity contribution in [1.29, 1.82) is 0 Å². The minimum absolute atomic E-state index is 0.0370. The van der Waals surface area contributed by atoms with E-state index in [9.17, 15) is 9.18 Å². The number of aromatic nitrogens is 3. The maximum Gasteiger partial charge on any atom is 0.410 e. The summed E-state index contributed by atoms with van der Waals surface area (Å²) in [6.07, 6.45) is -0.326. The lowest BCUT2D eigenvalue weighted by molar-refractivity contribution is 0.0218. The van der Waals surface area contributed by atoms with E-state index in [1.807, 2.05) is 39.8 Å². The van der Waals surface area contributed by atoms with Gasteiger partial charge in [0, 0.05) is 31.2 Å². The molecule has 1 aliphatic rings. The minimum atomic E-state index is -0.546. The Balaban J connectivity index is 1.65. The number of nitrogen functional groups attached to an aromatic ring is 1. The first-order valence-corrected chi connectivity index (χ1v) is 10.6. The lowest BCUT2D eigenvalue weighted by Gasteiger charge is -2.40. The molecule has 9 heteroatoms. The maximum atomic E-state index is 13.3. The van der Waals surface area contributed by atoms with Crippen LogP contribution < -0.4 is 10.6 Å². The predicted octanol–water partition coefficient (Wildman–Crippen LogP) is 3.86. The van der Waals surface area contributed by atoms with Crippen LogP contribution in [0.3, 0.4) is 0 Å². The molecule has 1 amide bonds. The highest BCUT2D eigenvalue weighted by atomic mass is 19.1. The molecule has 168 valence electrons. The van der Waals surface area contributed by atoms with Crippen LogP contribution in [0.2, 0.25) is 0 Å². The highest BCUT2D eigenvalue weighted by Crippen LogP contribution is 2.29. The highest BCUT2D eigenvalue weighted by molar-refractivity contribution is 5.89. The van der Waals surface area contributed by atoms with Crippen LogP contribution in [0, 0.1) is 5.82 Å². The molecule has 1 atom stereocenters. The molecule has 1 fully saturated rings. The van der Waals surface area contributed by atoms with Crippen molar-refractivity contribution in [3.8, 4) is 11.3 Å². The average molecular weight is 439 g/mol. The number of carbonyl (C=O) groups excluding carboxylic acids is 1. The molecular weight excluding hydrogens is 411 g/mol. The summed E-state index contributed by atoms with van der Waals surface area (Å²) in [6.45, 7) is 9.10. The number of carbonyl (C=O) groups is 1. The van der Waals surface area contributed by atoms with Gasteiger partial charge in [0.05, 0.1) is 11.2 Å². The van der Waals surface area contributed by atoms with E-state index in [4.69, 9.17) is 15.5 Å². The topological polar surface area (TPSA) is 97.5 Å². The number of rotatable bonds is 2. The number of hydrogen-bond donors (Lipinski definition) is 1. The fourth-order valence-electron chi connectivity index (χ4n) is 3.76. The van der Waals surface area contributed by atoms with Gasteiger partial charge in [-0.05, 0) is 64.1 Å². The van der Waals surface area contributed by atoms with Gasteiger partial charge in [-0.2, -0.15) is 4.98 Å². The van der Waals surface area contributed by atoms with E-state index in [1.165, 1.54) is 12.1 Å². The summed E-state index contributed by atoms with van der Waals surface area (Å²) in [5.41, 5.74) is 8.15. The number of hydrogen-bond acceptors (Lipinski definition) is 7. The molecule has 1 saturated heterocycles. The van der Waals surface area contributed by atoms with Crippen LogP contribution in [0.4, 0.5) is 21.0 Å². The molecule has 0 bridgehead atoms. The number of nitrogens with zero attached hydrogens (tertiary/aromatic N) is 5. The Kier molecular flexibility index (Phi) is 5.58. The zero-order chi connectivity index (χ0) is 23.0. The summed E-state index contributed by atoms with van der Waals surface area (Å²) in [5, 5.41) is 0. The second-order valence-electron chi connectivity index (χ2n) is 8.95. The normalized spacial score (nSPS) is 17.0. The number of nitrogens with two attached hydrogens (primary N) is 1. The summed E-state index contributed by atoms with van der Waals surface area (Å²) in [5.74, 6) is 0.474. The van der Waals surface area contributed by atoms with Crippen LogP contribution >= 0.6 is 0 Å². The second-order valence-corrected chi connectivity index (χ2v) is 8.95. The molecule has 0 aliphatic carbocycles. The van der Waals surface area contributed by atoms with E-state index >= 15 is 0 Å². The van der Waals surface area contributed by atoms with Crippen molar-refractivity contribution in [2.45, 2.75) is 39.3 Å². The molecular formula is C23H27FN6O2. The Morgan fingerprint density at radius 2 is 1.81 bits per heavy atom. The van der Waals surface area contributed by atoms with Crippen molar-refractivity contribution in [1.82, 2.24) is 19.9 Å². The van der Waals surface area contributed by atoms with Crippen molar-refractivity contribution >= 4 is 28.9 Å². The van der Waals surface area contributed by atoms with Gasteiger partial charge in [0.1, 0.15) is 16.9 Å². The number of fused-ring (bicyclic) bond motifs is 1. The summed E-state index contributed by atoms with van der Waals surface area (Å²) in [4.78, 5) is 29.9. The molecule has 0 radical (unpaired) electrons. The number of halogens is 1. The number of pyridine rings is 1. The third kappa shape index (κ3) is 4.56. The van der Waals surface area contributed by atoms with Crippen molar-refractivity contribution in [3.05, 3.63) is 42.2 Å². The molecule has 2 N–H and O–H groups in total. The fraction of sp³-hybridized carbons (Fsp3) is 0.391. The van der Waals surface area contributed by atoms with Gasteiger partial charge in [0.25, 0.3) is 0 Å². The molecule has 1 unspecified atom stereocenters. The van der Waals surface area contributed by atoms with E-state index in [1.54, 1.807) is 17.0 Å². The maximum absolute atomic E-state index is 13.3. The van der Waals surface area contributed by atoms with E-state index in [2.05, 4.69) is 14.9 Å². The zero-order valence-corrected chi connectivity index (χ0v) is 18.7. The van der Waals surface area contributed by atoms with Crippen LogP contribution in [0.1, 0.15) is 27.7 Å². The summed E-state index contributed by atoms with van der Waals surface area (Å²) >= 11 is 0. The predicted molar refractivity (Wildman–Crippen MR) is 122 cm³/mol. The molecule has 1 aliphatic heterocycles. The Hall–Kier alpha value is -3.49. The molecule has 3 heterocycles. The zero-order valence-electron chi connectivity index (χ0n) is 18.7. The lowest BCUT2D eigenvalue weighted by Crippen LogP contribution is -2.55. The fourth-order valence-corrected chi connectivity index (χ4v) is 3.76. The molecule has 32 heavy (non-hydrogen) atoms. The largest absolute Gasteiger partial charge is 0.444 e. The molecule has 2 aromatic heterocycles. The Morgan fingerprint density at radius 3 is 2.47 bits per heavy atom. The first-order valence-electron chi connectivity index (χ1n) is 10.6. The Morgan fingerprint density at radius 1 is 1.09 bits per heavy atom. The molecule has 4 rings (SSSR count). The molecule has 3 aromatic rings. The van der Waals surface area contributed by atoms with Gasteiger partial charge in [0.15, 0.2) is 5.82 Å². The quantitative estimate of drug-likeness (QED) is 0.649. The number of anilines is 2. The monoisotopic (exact) mass is 438 g/mol. The number of amides is 1. The van der Waals surface area contributed by atoms with Crippen LogP contribution in [-0.4, -0.2) is 57.2 Å². The second kappa shape index (κ2) is 8.22. The van der Waals surface area contributed by atoms with Gasteiger partial charge in [-0.3, -0.25) is 0 Å². The first kappa shape index (κ1) is 21.7. The SMILES string of the molecule is CC1CN(C(=O)OC(C)(C)C)CCN1c1nc(N)nc2ccc(-c3ccc(F)cc3)nc12. The van der Waals surface area contributed by atoms with E-state index in [0.29, 0.717) is 42.2 Å². The first-order chi connectivity index (χ1) is 15.1. The van der Waals surface area contributed by atoms with Gasteiger partial charge in [-0.1, -0.05) is 0 Å². The van der Waals surface area contributed by atoms with E-state index in [-0.39, 0.29) is 23.9 Å². The van der Waals surface area contributed by atoms with Crippen molar-refractivity contribution < 1.29 is 13.9 Å². The van der Waals surface area contributed by atoms with E-state index in [0.717, 1.165) is 5.56 Å². The van der Waals surface area contributed by atoms with Gasteiger partial charge >= 0.3 is 6.09 Å².